The molecule has 0 atom stereocenters. The zero-order valence-electron chi connectivity index (χ0n) is 6.66. The van der Waals surface area contributed by atoms with E-state index >= 15 is 0 Å². The van der Waals surface area contributed by atoms with Crippen molar-refractivity contribution in [3.63, 3.8) is 0 Å². The van der Waals surface area contributed by atoms with Crippen molar-refractivity contribution < 1.29 is 9.90 Å². The smallest absolute Gasteiger partial charge is 0.354 e. The highest BCUT2D eigenvalue weighted by Gasteiger charge is 2.24. The molecule has 5 heteroatoms. The summed E-state index contributed by atoms with van der Waals surface area (Å²) in [5, 5.41) is 16.0. The number of hydrogen-bond donors (Lipinski definition) is 2. The molecule has 0 spiro atoms. The van der Waals surface area contributed by atoms with Crippen LogP contribution in [0.25, 0.3) is 0 Å². The van der Waals surface area contributed by atoms with Gasteiger partial charge >= 0.3 is 5.97 Å². The predicted molar refractivity (Wildman–Crippen MR) is 40.7 cm³/mol. The molecule has 0 aromatic carbocycles. The van der Waals surface area contributed by atoms with E-state index in [1.807, 2.05) is 0 Å². The van der Waals surface area contributed by atoms with Crippen LogP contribution in [0.15, 0.2) is 0 Å². The Balaban J connectivity index is 2.59. The Morgan fingerprint density at radius 3 is 3.08 bits per heavy atom. The molecule has 2 heterocycles. The second kappa shape index (κ2) is 2.31. The van der Waals surface area contributed by atoms with Crippen LogP contribution >= 0.6 is 0 Å². The first-order chi connectivity index (χ1) is 5.70. The predicted octanol–water partition coefficient (Wildman–Crippen LogP) is -0.278. The third-order valence-corrected chi connectivity index (χ3v) is 2.03. The Morgan fingerprint density at radius 1 is 1.67 bits per heavy atom. The van der Waals surface area contributed by atoms with Crippen LogP contribution in [0, 0.1) is 0 Å². The highest BCUT2D eigenvalue weighted by molar-refractivity contribution is 5.87. The fourth-order valence-electron chi connectivity index (χ4n) is 1.52. The molecule has 0 saturated heterocycles. The molecule has 0 unspecified atom stereocenters. The number of carboxylic acids is 1. The molecule has 1 aromatic rings. The summed E-state index contributed by atoms with van der Waals surface area (Å²) >= 11 is 0. The largest absolute Gasteiger partial charge is 0.477 e. The Hall–Kier alpha value is -1.36. The fraction of sp³-hybridized carbons (Fsp3) is 0.429. The van der Waals surface area contributed by atoms with E-state index in [2.05, 4.69) is 10.4 Å². The van der Waals surface area contributed by atoms with Crippen LogP contribution in [-0.2, 0) is 20.1 Å². The van der Waals surface area contributed by atoms with Gasteiger partial charge in [0.05, 0.1) is 5.69 Å². The number of hydrogen-bond acceptors (Lipinski definition) is 3. The van der Waals surface area contributed by atoms with Gasteiger partial charge in [0, 0.05) is 25.7 Å². The molecular formula is C7H9N3O2. The van der Waals surface area contributed by atoms with Crippen molar-refractivity contribution in [2.24, 2.45) is 7.05 Å². The van der Waals surface area contributed by atoms with Gasteiger partial charge in [-0.15, -0.1) is 0 Å². The van der Waals surface area contributed by atoms with E-state index in [1.165, 1.54) is 4.68 Å². The van der Waals surface area contributed by atoms with Gasteiger partial charge in [0.1, 0.15) is 0 Å². The standard InChI is InChI=1S/C7H9N3O2/c1-10-6(7(11)12)4-2-8-3-5(4)9-10/h8H,2-3H2,1H3,(H,11,12). The number of aromatic carboxylic acids is 1. The van der Waals surface area contributed by atoms with Crippen LogP contribution in [-0.4, -0.2) is 20.9 Å². The second-order valence-corrected chi connectivity index (χ2v) is 2.81. The lowest BCUT2D eigenvalue weighted by Gasteiger charge is -1.97. The van der Waals surface area contributed by atoms with Gasteiger partial charge in [-0.25, -0.2) is 4.79 Å². The van der Waals surface area contributed by atoms with Crippen LogP contribution in [0.2, 0.25) is 0 Å². The first kappa shape index (κ1) is 7.30. The summed E-state index contributed by atoms with van der Waals surface area (Å²) in [6, 6.07) is 0. The van der Waals surface area contributed by atoms with E-state index < -0.39 is 5.97 Å². The normalized spacial score (nSPS) is 14.8. The van der Waals surface area contributed by atoms with E-state index in [0.717, 1.165) is 11.3 Å². The van der Waals surface area contributed by atoms with Gasteiger partial charge in [0.2, 0.25) is 0 Å². The highest BCUT2D eigenvalue weighted by atomic mass is 16.4. The lowest BCUT2D eigenvalue weighted by Crippen LogP contribution is -2.11. The number of nitrogens with one attached hydrogen (secondary N) is 1. The quantitative estimate of drug-likeness (QED) is 0.603. The summed E-state index contributed by atoms with van der Waals surface area (Å²) in [5.74, 6) is -0.907. The van der Waals surface area contributed by atoms with Crippen molar-refractivity contribution in [3.8, 4) is 0 Å². The molecule has 0 amide bonds. The minimum absolute atomic E-state index is 0.301. The Morgan fingerprint density at radius 2 is 2.42 bits per heavy atom. The third kappa shape index (κ3) is 0.831. The summed E-state index contributed by atoms with van der Waals surface area (Å²) < 4.78 is 1.42. The molecule has 12 heavy (non-hydrogen) atoms. The lowest BCUT2D eigenvalue weighted by atomic mass is 10.2. The summed E-state index contributed by atoms with van der Waals surface area (Å²) in [4.78, 5) is 10.8. The Labute approximate surface area is 69.0 Å². The molecule has 2 N–H and O–H groups in total. The van der Waals surface area contributed by atoms with Gasteiger partial charge < -0.3 is 10.4 Å². The first-order valence-corrected chi connectivity index (χ1v) is 3.69. The molecule has 5 nitrogen and oxygen atoms in total. The molecule has 0 saturated carbocycles. The molecule has 1 aliphatic heterocycles. The van der Waals surface area contributed by atoms with Gasteiger partial charge in [-0.2, -0.15) is 5.10 Å². The zero-order valence-corrected chi connectivity index (χ0v) is 6.66. The van der Waals surface area contributed by atoms with E-state index in [9.17, 15) is 4.79 Å². The fourth-order valence-corrected chi connectivity index (χ4v) is 1.52. The monoisotopic (exact) mass is 167 g/mol. The van der Waals surface area contributed by atoms with Crippen LogP contribution in [0.1, 0.15) is 21.7 Å². The molecule has 0 aliphatic carbocycles. The maximum absolute atomic E-state index is 10.8. The average Bonchev–Trinajstić information content (AvgIpc) is 2.44. The molecule has 2 rings (SSSR count). The van der Waals surface area contributed by atoms with Crippen molar-refractivity contribution >= 4 is 5.97 Å². The third-order valence-electron chi connectivity index (χ3n) is 2.03. The van der Waals surface area contributed by atoms with Gasteiger partial charge in [-0.3, -0.25) is 4.68 Å². The number of aryl methyl sites for hydroxylation is 1. The lowest BCUT2D eigenvalue weighted by molar-refractivity contribution is 0.0683. The van der Waals surface area contributed by atoms with Crippen LogP contribution in [0.4, 0.5) is 0 Å². The highest BCUT2D eigenvalue weighted by Crippen LogP contribution is 2.18. The molecule has 0 fully saturated rings. The Kier molecular flexibility index (Phi) is 1.41. The summed E-state index contributed by atoms with van der Waals surface area (Å²) in [5.41, 5.74) is 1.98. The van der Waals surface area contributed by atoms with E-state index in [0.29, 0.717) is 18.8 Å². The van der Waals surface area contributed by atoms with Gasteiger partial charge in [0.15, 0.2) is 5.69 Å². The van der Waals surface area contributed by atoms with Crippen LogP contribution < -0.4 is 5.32 Å². The average molecular weight is 167 g/mol. The van der Waals surface area contributed by atoms with Crippen LogP contribution in [0.5, 0.6) is 0 Å². The topological polar surface area (TPSA) is 67.2 Å². The maximum Gasteiger partial charge on any atom is 0.354 e. The number of nitrogens with zero attached hydrogens (tertiary/aromatic N) is 2. The molecule has 1 aromatic heterocycles. The SMILES string of the molecule is Cn1nc2c(c1C(=O)O)CNC2. The van der Waals surface area contributed by atoms with Crippen molar-refractivity contribution in [1.29, 1.82) is 0 Å². The van der Waals surface area contributed by atoms with Crippen molar-refractivity contribution in [1.82, 2.24) is 15.1 Å². The number of carboxylic acid groups (broad SMARTS) is 1. The summed E-state index contributed by atoms with van der Waals surface area (Å²) in [6.45, 7) is 1.29. The summed E-state index contributed by atoms with van der Waals surface area (Å²) in [6.07, 6.45) is 0. The van der Waals surface area contributed by atoms with Gasteiger partial charge in [0.25, 0.3) is 0 Å². The Bertz CT molecular complexity index is 343. The number of fused-ring (bicyclic) bond motifs is 1. The first-order valence-electron chi connectivity index (χ1n) is 3.69. The molecule has 0 bridgehead atoms. The van der Waals surface area contributed by atoms with Crippen molar-refractivity contribution in [3.05, 3.63) is 17.0 Å². The van der Waals surface area contributed by atoms with E-state index in [-0.39, 0.29) is 0 Å². The summed E-state index contributed by atoms with van der Waals surface area (Å²) in [7, 11) is 1.65. The van der Waals surface area contributed by atoms with Gasteiger partial charge in [-0.05, 0) is 0 Å². The molecule has 1 aliphatic rings. The number of aromatic nitrogens is 2. The van der Waals surface area contributed by atoms with Crippen LogP contribution in [0.3, 0.4) is 0 Å². The molecule has 0 radical (unpaired) electrons. The van der Waals surface area contributed by atoms with Crippen molar-refractivity contribution in [2.75, 3.05) is 0 Å². The van der Waals surface area contributed by atoms with Gasteiger partial charge in [-0.1, -0.05) is 0 Å². The number of rotatable bonds is 1. The van der Waals surface area contributed by atoms with Crippen molar-refractivity contribution in [2.45, 2.75) is 13.1 Å². The maximum atomic E-state index is 10.8. The molecule has 64 valence electrons. The zero-order chi connectivity index (χ0) is 8.72. The van der Waals surface area contributed by atoms with E-state index in [1.54, 1.807) is 7.05 Å². The van der Waals surface area contributed by atoms with E-state index in [4.69, 9.17) is 5.11 Å². The minimum atomic E-state index is -0.907. The molecular weight excluding hydrogens is 158 g/mol. The minimum Gasteiger partial charge on any atom is -0.477 e. The number of carbonyl (C=O) groups is 1. The second-order valence-electron chi connectivity index (χ2n) is 2.81.